The molecule has 4 rings (SSSR count). The Kier molecular flexibility index (Phi) is 10.2. The SMILES string of the molecule is C=C1C[C@](C)([C@H](O)C(=O)C[C@@H](C)[C@@H]2C[C@@H](O)C(C)(C)[C@@H](C[C@H](O)[C@@H](C)[C@H]3Cc4c(C)c(O)cc(O)c4C(=O)O3)O2)O[C@H](C)[C@@H]1C. The molecule has 1 aromatic carbocycles. The number of carbonyl (C=O) groups excluding carboxylic acids is 2. The standard InChI is InChI=1S/C35H52O10/c1-16(10-26(39)32(41)35(9)15-17(2)18(3)21(6)45-35)27-14-29(40)34(7,8)30(43-27)13-24(37)20(5)28-11-22-19(4)23(36)12-25(38)31(22)33(42)44-28/h12,16,18,20-21,24,27-30,32,36-38,40-41H,2,10-11,13-15H2,1,3-9H3/t16-,18-,20-,21-,24+,27+,28-,29-,30-,32-,35-/m1/s1. The summed E-state index contributed by atoms with van der Waals surface area (Å²) in [6.07, 6.45) is -4.03. The van der Waals surface area contributed by atoms with Crippen molar-refractivity contribution >= 4 is 11.8 Å². The van der Waals surface area contributed by atoms with Crippen molar-refractivity contribution in [3.8, 4) is 11.5 Å². The van der Waals surface area contributed by atoms with E-state index >= 15 is 0 Å². The maximum absolute atomic E-state index is 13.3. The molecule has 0 unspecified atom stereocenters. The fourth-order valence-corrected chi connectivity index (χ4v) is 7.18. The van der Waals surface area contributed by atoms with Crippen molar-refractivity contribution in [2.45, 2.75) is 136 Å². The molecule has 252 valence electrons. The molecule has 45 heavy (non-hydrogen) atoms. The molecule has 2 saturated heterocycles. The number of aliphatic hydroxyl groups is 3. The number of fused-ring (bicyclic) bond motifs is 1. The number of Topliss-reactive ketones (excluding diaryl/α,β-unsaturated/α-hetero) is 1. The van der Waals surface area contributed by atoms with Gasteiger partial charge in [0.05, 0.1) is 30.5 Å². The van der Waals surface area contributed by atoms with Crippen molar-refractivity contribution in [3.05, 3.63) is 34.9 Å². The first-order chi connectivity index (χ1) is 20.8. The molecule has 10 heteroatoms. The van der Waals surface area contributed by atoms with Crippen LogP contribution in [0.25, 0.3) is 0 Å². The minimum absolute atomic E-state index is 0.0243. The van der Waals surface area contributed by atoms with E-state index in [1.54, 1.807) is 20.8 Å². The third kappa shape index (κ3) is 6.81. The number of phenols is 2. The second kappa shape index (κ2) is 13.0. The molecule has 5 N–H and O–H groups in total. The van der Waals surface area contributed by atoms with Crippen LogP contribution in [0.2, 0.25) is 0 Å². The number of rotatable bonds is 9. The molecular weight excluding hydrogens is 580 g/mol. The average Bonchev–Trinajstić information content (AvgIpc) is 2.95. The van der Waals surface area contributed by atoms with Crippen LogP contribution >= 0.6 is 0 Å². The molecule has 0 bridgehead atoms. The lowest BCUT2D eigenvalue weighted by Crippen LogP contribution is -2.55. The highest BCUT2D eigenvalue weighted by molar-refractivity contribution is 5.96. The fourth-order valence-electron chi connectivity index (χ4n) is 7.18. The lowest BCUT2D eigenvalue weighted by Gasteiger charge is -2.48. The van der Waals surface area contributed by atoms with E-state index in [2.05, 4.69) is 6.58 Å². The predicted molar refractivity (Wildman–Crippen MR) is 167 cm³/mol. The van der Waals surface area contributed by atoms with E-state index in [0.29, 0.717) is 24.0 Å². The summed E-state index contributed by atoms with van der Waals surface area (Å²) in [7, 11) is 0. The lowest BCUT2D eigenvalue weighted by atomic mass is 9.71. The Balaban J connectivity index is 1.43. The van der Waals surface area contributed by atoms with E-state index in [0.717, 1.165) is 11.6 Å². The number of esters is 1. The van der Waals surface area contributed by atoms with Crippen LogP contribution in [0, 0.1) is 30.1 Å². The van der Waals surface area contributed by atoms with Crippen molar-refractivity contribution in [1.29, 1.82) is 0 Å². The van der Waals surface area contributed by atoms with Gasteiger partial charge in [-0.1, -0.05) is 46.8 Å². The van der Waals surface area contributed by atoms with Crippen molar-refractivity contribution in [3.63, 3.8) is 0 Å². The first kappa shape index (κ1) is 35.4. The number of carbonyl (C=O) groups is 2. The zero-order valence-corrected chi connectivity index (χ0v) is 27.9. The Morgan fingerprint density at radius 1 is 1.11 bits per heavy atom. The van der Waals surface area contributed by atoms with Crippen molar-refractivity contribution < 1.29 is 49.3 Å². The van der Waals surface area contributed by atoms with Gasteiger partial charge >= 0.3 is 5.97 Å². The van der Waals surface area contributed by atoms with E-state index in [4.69, 9.17) is 14.2 Å². The minimum atomic E-state index is -1.34. The highest BCUT2D eigenvalue weighted by Crippen LogP contribution is 2.44. The smallest absolute Gasteiger partial charge is 0.342 e. The molecule has 3 aliphatic heterocycles. The Bertz CT molecular complexity index is 1310. The monoisotopic (exact) mass is 632 g/mol. The van der Waals surface area contributed by atoms with Crippen LogP contribution in [0.1, 0.15) is 95.6 Å². The van der Waals surface area contributed by atoms with Gasteiger partial charge in [0.1, 0.15) is 34.9 Å². The van der Waals surface area contributed by atoms with Gasteiger partial charge in [-0.25, -0.2) is 4.79 Å². The van der Waals surface area contributed by atoms with Gasteiger partial charge in [-0.2, -0.15) is 0 Å². The van der Waals surface area contributed by atoms with Gasteiger partial charge in [0.25, 0.3) is 0 Å². The van der Waals surface area contributed by atoms with E-state index in [1.807, 2.05) is 34.6 Å². The van der Waals surface area contributed by atoms with Gasteiger partial charge in [0.2, 0.25) is 0 Å². The Morgan fingerprint density at radius 3 is 2.38 bits per heavy atom. The number of ketones is 1. The summed E-state index contributed by atoms with van der Waals surface area (Å²) in [4.78, 5) is 26.1. The molecule has 1 aromatic rings. The highest BCUT2D eigenvalue weighted by Gasteiger charge is 2.49. The van der Waals surface area contributed by atoms with Gasteiger partial charge in [0, 0.05) is 55.4 Å². The van der Waals surface area contributed by atoms with Crippen LogP contribution in [-0.2, 0) is 25.4 Å². The summed E-state index contributed by atoms with van der Waals surface area (Å²) in [5.41, 5.74) is 0.126. The molecule has 11 atom stereocenters. The Hall–Kier alpha value is -2.50. The molecule has 10 nitrogen and oxygen atoms in total. The third-order valence-electron chi connectivity index (χ3n) is 11.1. The first-order valence-corrected chi connectivity index (χ1v) is 16.1. The molecule has 2 fully saturated rings. The third-order valence-corrected chi connectivity index (χ3v) is 11.1. The lowest BCUT2D eigenvalue weighted by molar-refractivity contribution is -0.200. The summed E-state index contributed by atoms with van der Waals surface area (Å²) in [5, 5.41) is 54.1. The highest BCUT2D eigenvalue weighted by atomic mass is 16.5. The topological polar surface area (TPSA) is 163 Å². The van der Waals surface area contributed by atoms with E-state index in [1.165, 1.54) is 0 Å². The maximum atomic E-state index is 13.3. The normalized spacial score (nSPS) is 34.3. The number of aliphatic hydroxyl groups excluding tert-OH is 3. The van der Waals surface area contributed by atoms with E-state index in [-0.39, 0.29) is 60.0 Å². The first-order valence-electron chi connectivity index (χ1n) is 16.1. The number of aromatic hydroxyl groups is 2. The molecule has 3 heterocycles. The zero-order valence-electron chi connectivity index (χ0n) is 27.9. The van der Waals surface area contributed by atoms with Crippen molar-refractivity contribution in [1.82, 2.24) is 0 Å². The summed E-state index contributed by atoms with van der Waals surface area (Å²) >= 11 is 0. The molecule has 0 amide bonds. The van der Waals surface area contributed by atoms with Gasteiger partial charge in [-0.15, -0.1) is 0 Å². The molecule has 0 spiro atoms. The molecule has 0 aromatic heterocycles. The number of ether oxygens (including phenoxy) is 3. The maximum Gasteiger partial charge on any atom is 0.342 e. The molecule has 0 saturated carbocycles. The zero-order chi connectivity index (χ0) is 33.8. The van der Waals surface area contributed by atoms with E-state index in [9.17, 15) is 35.1 Å². The van der Waals surface area contributed by atoms with E-state index < -0.39 is 59.5 Å². The molecular formula is C35H52O10. The molecule has 3 aliphatic rings. The minimum Gasteiger partial charge on any atom is -0.508 e. The summed E-state index contributed by atoms with van der Waals surface area (Å²) in [6.45, 7) is 18.8. The summed E-state index contributed by atoms with van der Waals surface area (Å²) in [5.74, 6) is -2.29. The van der Waals surface area contributed by atoms with Crippen LogP contribution in [0.4, 0.5) is 0 Å². The number of cyclic esters (lactones) is 1. The average molecular weight is 633 g/mol. The number of phenolic OH excluding ortho intramolecular Hbond substituents is 2. The van der Waals surface area contributed by atoms with Crippen molar-refractivity contribution in [2.75, 3.05) is 0 Å². The van der Waals surface area contributed by atoms with Crippen LogP contribution in [0.3, 0.4) is 0 Å². The van der Waals surface area contributed by atoms with Crippen LogP contribution in [-0.4, -0.2) is 85.6 Å². The van der Waals surface area contributed by atoms with Crippen LogP contribution in [0.5, 0.6) is 11.5 Å². The number of benzene rings is 1. The second-order valence-electron chi connectivity index (χ2n) is 14.7. The second-order valence-corrected chi connectivity index (χ2v) is 14.7. The van der Waals surface area contributed by atoms with Gasteiger partial charge < -0.3 is 39.7 Å². The molecule has 0 radical (unpaired) electrons. The quantitative estimate of drug-likeness (QED) is 0.198. The number of hydrogen-bond donors (Lipinski definition) is 5. The van der Waals surface area contributed by atoms with Gasteiger partial charge in [-0.3, -0.25) is 4.79 Å². The largest absolute Gasteiger partial charge is 0.508 e. The fraction of sp³-hybridized carbons (Fsp3) is 0.714. The molecule has 0 aliphatic carbocycles. The Labute approximate surface area is 266 Å². The van der Waals surface area contributed by atoms with Crippen LogP contribution < -0.4 is 0 Å². The van der Waals surface area contributed by atoms with Gasteiger partial charge in [0.15, 0.2) is 5.78 Å². The van der Waals surface area contributed by atoms with Gasteiger partial charge in [-0.05, 0) is 37.8 Å². The summed E-state index contributed by atoms with van der Waals surface area (Å²) in [6, 6.07) is 1.12. The Morgan fingerprint density at radius 2 is 1.76 bits per heavy atom. The van der Waals surface area contributed by atoms with Crippen LogP contribution in [0.15, 0.2) is 18.2 Å². The number of hydrogen-bond acceptors (Lipinski definition) is 10. The summed E-state index contributed by atoms with van der Waals surface area (Å²) < 4.78 is 18.2. The predicted octanol–water partition coefficient (Wildman–Crippen LogP) is 4.14. The van der Waals surface area contributed by atoms with Crippen molar-refractivity contribution in [2.24, 2.45) is 23.2 Å².